The number of rotatable bonds is 6. The van der Waals surface area contributed by atoms with Gasteiger partial charge < -0.3 is 19.5 Å². The molecule has 0 atom stereocenters. The minimum Gasteiger partial charge on any atom is -0.452 e. The summed E-state index contributed by atoms with van der Waals surface area (Å²) < 4.78 is 7.18. The summed E-state index contributed by atoms with van der Waals surface area (Å²) in [5.41, 5.74) is 4.04. The molecule has 1 aromatic heterocycles. The Labute approximate surface area is 181 Å². The molecule has 160 valence electrons. The Balaban J connectivity index is 1.61. The van der Waals surface area contributed by atoms with Crippen LogP contribution < -0.4 is 5.32 Å². The number of carbonyl (C=O) groups is 3. The first-order chi connectivity index (χ1) is 14.8. The first-order valence-corrected chi connectivity index (χ1v) is 9.81. The van der Waals surface area contributed by atoms with Crippen molar-refractivity contribution in [2.24, 2.45) is 0 Å². The van der Waals surface area contributed by atoms with E-state index < -0.39 is 18.5 Å². The van der Waals surface area contributed by atoms with Crippen molar-refractivity contribution < 1.29 is 19.1 Å². The van der Waals surface area contributed by atoms with Gasteiger partial charge in [-0.15, -0.1) is 0 Å². The van der Waals surface area contributed by atoms with E-state index in [1.165, 1.54) is 4.90 Å². The highest BCUT2D eigenvalue weighted by atomic mass is 16.5. The number of nitrogens with one attached hydrogen (secondary N) is 1. The average molecular weight is 419 g/mol. The molecular formula is C24H25N3O4. The molecule has 0 bridgehead atoms. The zero-order valence-electron chi connectivity index (χ0n) is 18.0. The molecule has 1 N–H and O–H groups in total. The maximum absolute atomic E-state index is 12.5. The fraction of sp³-hybridized carbons (Fsp3) is 0.208. The van der Waals surface area contributed by atoms with Crippen molar-refractivity contribution >= 4 is 23.5 Å². The lowest BCUT2D eigenvalue weighted by Crippen LogP contribution is -2.22. The highest BCUT2D eigenvalue weighted by Crippen LogP contribution is 2.21. The molecule has 0 aliphatic rings. The Bertz CT molecular complexity index is 1100. The van der Waals surface area contributed by atoms with Crippen LogP contribution in [0.3, 0.4) is 0 Å². The number of esters is 1. The van der Waals surface area contributed by atoms with Gasteiger partial charge in [-0.1, -0.05) is 18.2 Å². The van der Waals surface area contributed by atoms with Crippen molar-refractivity contribution in [3.8, 4) is 5.69 Å². The van der Waals surface area contributed by atoms with E-state index in [9.17, 15) is 14.4 Å². The second kappa shape index (κ2) is 9.30. The summed E-state index contributed by atoms with van der Waals surface area (Å²) >= 11 is 0. The van der Waals surface area contributed by atoms with Crippen molar-refractivity contribution in [1.29, 1.82) is 0 Å². The van der Waals surface area contributed by atoms with Crippen LogP contribution in [-0.4, -0.2) is 48.0 Å². The van der Waals surface area contributed by atoms with Crippen molar-refractivity contribution in [2.75, 3.05) is 26.0 Å². The molecule has 2 amide bonds. The number of hydrogen-bond donors (Lipinski definition) is 1. The van der Waals surface area contributed by atoms with Gasteiger partial charge in [0.25, 0.3) is 11.8 Å². The Hall–Kier alpha value is -3.87. The zero-order chi connectivity index (χ0) is 22.5. The topological polar surface area (TPSA) is 80.6 Å². The van der Waals surface area contributed by atoms with E-state index in [4.69, 9.17) is 4.74 Å². The van der Waals surface area contributed by atoms with Crippen LogP contribution in [0.5, 0.6) is 0 Å². The monoisotopic (exact) mass is 419 g/mol. The summed E-state index contributed by atoms with van der Waals surface area (Å²) in [4.78, 5) is 38.1. The van der Waals surface area contributed by atoms with E-state index in [-0.39, 0.29) is 5.91 Å². The Morgan fingerprint density at radius 2 is 1.61 bits per heavy atom. The molecule has 7 heteroatoms. The third-order valence-electron chi connectivity index (χ3n) is 4.82. The van der Waals surface area contributed by atoms with E-state index in [2.05, 4.69) is 5.32 Å². The summed E-state index contributed by atoms with van der Waals surface area (Å²) in [7, 11) is 3.34. The maximum atomic E-state index is 12.5. The van der Waals surface area contributed by atoms with Crippen molar-refractivity contribution in [1.82, 2.24) is 9.47 Å². The number of anilines is 1. The largest absolute Gasteiger partial charge is 0.452 e. The first kappa shape index (κ1) is 21.8. The van der Waals surface area contributed by atoms with Gasteiger partial charge in [0.2, 0.25) is 0 Å². The number of ether oxygens (including phenoxy) is 1. The molecule has 1 heterocycles. The standard InChI is InChI=1S/C24H25N3O4/c1-16-14-21(17(2)27(16)20-8-6-5-7-9-20)24(30)31-15-22(28)25-19-12-10-18(11-13-19)23(29)26(3)4/h5-14H,15H2,1-4H3,(H,25,28). The fourth-order valence-corrected chi connectivity index (χ4v) is 3.30. The predicted octanol–water partition coefficient (Wildman–Crippen LogP) is 3.59. The lowest BCUT2D eigenvalue weighted by Gasteiger charge is -2.11. The molecule has 3 rings (SSSR count). The lowest BCUT2D eigenvalue weighted by molar-refractivity contribution is -0.119. The molecule has 2 aromatic carbocycles. The van der Waals surface area contributed by atoms with Gasteiger partial charge >= 0.3 is 5.97 Å². The summed E-state index contributed by atoms with van der Waals surface area (Å²) in [6.07, 6.45) is 0. The molecule has 7 nitrogen and oxygen atoms in total. The fourth-order valence-electron chi connectivity index (χ4n) is 3.30. The van der Waals surface area contributed by atoms with Crippen LogP contribution in [0.25, 0.3) is 5.69 Å². The highest BCUT2D eigenvalue weighted by molar-refractivity contribution is 5.97. The van der Waals surface area contributed by atoms with E-state index in [1.807, 2.05) is 48.7 Å². The molecule has 0 saturated heterocycles. The van der Waals surface area contributed by atoms with Gasteiger partial charge in [0, 0.05) is 42.4 Å². The third-order valence-corrected chi connectivity index (χ3v) is 4.82. The maximum Gasteiger partial charge on any atom is 0.340 e. The molecule has 0 fully saturated rings. The van der Waals surface area contributed by atoms with E-state index in [1.54, 1.807) is 44.4 Å². The van der Waals surface area contributed by atoms with E-state index in [0.717, 1.165) is 17.1 Å². The van der Waals surface area contributed by atoms with Gasteiger partial charge in [0.1, 0.15) is 0 Å². The molecule has 3 aromatic rings. The van der Waals surface area contributed by atoms with Gasteiger partial charge in [-0.05, 0) is 56.3 Å². The predicted molar refractivity (Wildman–Crippen MR) is 119 cm³/mol. The Morgan fingerprint density at radius 3 is 2.23 bits per heavy atom. The first-order valence-electron chi connectivity index (χ1n) is 9.81. The second-order valence-electron chi connectivity index (χ2n) is 7.36. The van der Waals surface area contributed by atoms with Gasteiger partial charge in [-0.25, -0.2) is 4.79 Å². The molecule has 0 aliphatic heterocycles. The average Bonchev–Trinajstić information content (AvgIpc) is 3.06. The van der Waals surface area contributed by atoms with Gasteiger partial charge in [0.15, 0.2) is 6.61 Å². The highest BCUT2D eigenvalue weighted by Gasteiger charge is 2.19. The molecule has 0 aliphatic carbocycles. The number of hydrogen-bond acceptors (Lipinski definition) is 4. The number of para-hydroxylation sites is 1. The molecule has 0 spiro atoms. The van der Waals surface area contributed by atoms with Crippen molar-refractivity contribution in [2.45, 2.75) is 13.8 Å². The van der Waals surface area contributed by atoms with E-state index in [0.29, 0.717) is 16.8 Å². The van der Waals surface area contributed by atoms with Crippen LogP contribution in [0.4, 0.5) is 5.69 Å². The minimum absolute atomic E-state index is 0.125. The molecule has 0 radical (unpaired) electrons. The van der Waals surface area contributed by atoms with Crippen LogP contribution in [0.1, 0.15) is 32.1 Å². The number of aryl methyl sites for hydroxylation is 1. The number of carbonyl (C=O) groups excluding carboxylic acids is 3. The Morgan fingerprint density at radius 1 is 0.968 bits per heavy atom. The van der Waals surface area contributed by atoms with Crippen molar-refractivity contribution in [3.05, 3.63) is 83.2 Å². The molecule has 0 saturated carbocycles. The Kier molecular flexibility index (Phi) is 6.55. The molecular weight excluding hydrogens is 394 g/mol. The summed E-state index contributed by atoms with van der Waals surface area (Å²) in [5, 5.41) is 2.65. The quantitative estimate of drug-likeness (QED) is 0.619. The number of benzene rings is 2. The van der Waals surface area contributed by atoms with Gasteiger partial charge in [-0.3, -0.25) is 9.59 Å². The summed E-state index contributed by atoms with van der Waals surface area (Å²) in [6, 6.07) is 18.0. The summed E-state index contributed by atoms with van der Waals surface area (Å²) in [5.74, 6) is -1.14. The van der Waals surface area contributed by atoms with Crippen LogP contribution in [0, 0.1) is 13.8 Å². The SMILES string of the molecule is Cc1cc(C(=O)OCC(=O)Nc2ccc(C(=O)N(C)C)cc2)c(C)n1-c1ccccc1. The van der Waals surface area contributed by atoms with Crippen LogP contribution in [-0.2, 0) is 9.53 Å². The third kappa shape index (κ3) is 5.01. The number of amides is 2. The number of nitrogens with zero attached hydrogens (tertiary/aromatic N) is 2. The van der Waals surface area contributed by atoms with Gasteiger partial charge in [-0.2, -0.15) is 0 Å². The summed E-state index contributed by atoms with van der Waals surface area (Å²) in [6.45, 7) is 3.34. The van der Waals surface area contributed by atoms with Crippen LogP contribution >= 0.6 is 0 Å². The lowest BCUT2D eigenvalue weighted by atomic mass is 10.2. The zero-order valence-corrected chi connectivity index (χ0v) is 18.0. The molecule has 0 unspecified atom stereocenters. The van der Waals surface area contributed by atoms with Crippen LogP contribution in [0.15, 0.2) is 60.7 Å². The normalized spacial score (nSPS) is 10.5. The van der Waals surface area contributed by atoms with Gasteiger partial charge in [0.05, 0.1) is 5.56 Å². The van der Waals surface area contributed by atoms with E-state index >= 15 is 0 Å². The van der Waals surface area contributed by atoms with Crippen molar-refractivity contribution in [3.63, 3.8) is 0 Å². The minimum atomic E-state index is -0.558. The number of aromatic nitrogens is 1. The molecule has 31 heavy (non-hydrogen) atoms. The van der Waals surface area contributed by atoms with Crippen LogP contribution in [0.2, 0.25) is 0 Å². The smallest absolute Gasteiger partial charge is 0.340 e. The second-order valence-corrected chi connectivity index (χ2v) is 7.36.